The molecule has 0 radical (unpaired) electrons. The van der Waals surface area contributed by atoms with Gasteiger partial charge in [-0.05, 0) is 18.6 Å². The van der Waals surface area contributed by atoms with Crippen LogP contribution >= 0.6 is 0 Å². The van der Waals surface area contributed by atoms with Gasteiger partial charge in [-0.1, -0.05) is 12.1 Å². The molecule has 0 bridgehead atoms. The second-order valence-corrected chi connectivity index (χ2v) is 3.36. The van der Waals surface area contributed by atoms with Gasteiger partial charge < -0.3 is 10.6 Å². The lowest BCUT2D eigenvalue weighted by atomic mass is 10.2. The number of hydrogen-bond donors (Lipinski definition) is 2. The van der Waals surface area contributed by atoms with Crippen molar-refractivity contribution in [1.82, 2.24) is 15.6 Å². The van der Waals surface area contributed by atoms with Crippen LogP contribution in [0.4, 0.5) is 0 Å². The predicted molar refractivity (Wildman–Crippen MR) is 67.4 cm³/mol. The summed E-state index contributed by atoms with van der Waals surface area (Å²) in [5.41, 5.74) is 2.21. The molecule has 86 valence electrons. The first-order valence-corrected chi connectivity index (χ1v) is 5.24. The fourth-order valence-corrected chi connectivity index (χ4v) is 1.26. The van der Waals surface area contributed by atoms with Gasteiger partial charge in [0.2, 0.25) is 0 Å². The molecule has 0 fully saturated rings. The van der Waals surface area contributed by atoms with Gasteiger partial charge in [0.1, 0.15) is 0 Å². The molecule has 0 unspecified atom stereocenters. The van der Waals surface area contributed by atoms with Crippen LogP contribution in [0.1, 0.15) is 11.3 Å². The van der Waals surface area contributed by atoms with Gasteiger partial charge in [-0.3, -0.25) is 9.98 Å². The molecular formula is C12H18N4. The molecule has 1 aromatic heterocycles. The Hall–Kier alpha value is -1.84. The van der Waals surface area contributed by atoms with E-state index in [4.69, 9.17) is 0 Å². The van der Waals surface area contributed by atoms with E-state index >= 15 is 0 Å². The minimum Gasteiger partial charge on any atom is -0.353 e. The number of hydrogen-bond acceptors (Lipinski definition) is 2. The van der Waals surface area contributed by atoms with E-state index in [0.29, 0.717) is 13.1 Å². The third-order valence-electron chi connectivity index (χ3n) is 2.18. The van der Waals surface area contributed by atoms with Gasteiger partial charge in [0.25, 0.3) is 0 Å². The molecule has 0 aliphatic heterocycles. The van der Waals surface area contributed by atoms with Gasteiger partial charge >= 0.3 is 0 Å². The maximum Gasteiger partial charge on any atom is 0.191 e. The Kier molecular flexibility index (Phi) is 5.05. The maximum absolute atomic E-state index is 4.30. The Morgan fingerprint density at radius 1 is 1.56 bits per heavy atom. The van der Waals surface area contributed by atoms with Crippen LogP contribution in [0.2, 0.25) is 0 Å². The first-order chi connectivity index (χ1) is 7.77. The molecule has 0 atom stereocenters. The Morgan fingerprint density at radius 3 is 3.00 bits per heavy atom. The fraction of sp³-hybridized carbons (Fsp3) is 0.333. The number of nitrogens with zero attached hydrogens (tertiary/aromatic N) is 2. The van der Waals surface area contributed by atoms with Crippen molar-refractivity contribution in [3.63, 3.8) is 0 Å². The highest BCUT2D eigenvalue weighted by atomic mass is 15.2. The molecule has 4 nitrogen and oxygen atoms in total. The van der Waals surface area contributed by atoms with Crippen LogP contribution in [0.15, 0.2) is 36.0 Å². The van der Waals surface area contributed by atoms with Crippen LogP contribution in [0.25, 0.3) is 0 Å². The first-order valence-electron chi connectivity index (χ1n) is 5.24. The van der Waals surface area contributed by atoms with Crippen LogP contribution in [0, 0.1) is 6.92 Å². The van der Waals surface area contributed by atoms with E-state index in [0.717, 1.165) is 11.7 Å². The summed E-state index contributed by atoms with van der Waals surface area (Å²) in [5, 5.41) is 6.29. The van der Waals surface area contributed by atoms with E-state index in [1.165, 1.54) is 5.56 Å². The summed E-state index contributed by atoms with van der Waals surface area (Å²) < 4.78 is 0. The molecular weight excluding hydrogens is 200 g/mol. The summed E-state index contributed by atoms with van der Waals surface area (Å²) in [6.45, 7) is 7.05. The minimum absolute atomic E-state index is 0.670. The van der Waals surface area contributed by atoms with Crippen LogP contribution in [-0.4, -0.2) is 24.5 Å². The van der Waals surface area contributed by atoms with Crippen molar-refractivity contribution in [2.75, 3.05) is 13.6 Å². The standard InChI is InChI=1S/C12H18N4/c1-4-7-15-12(13-3)16-9-11-10(2)6-5-8-14-11/h4-6,8H,1,7,9H2,2-3H3,(H2,13,15,16). The molecule has 0 aliphatic carbocycles. The van der Waals surface area contributed by atoms with Gasteiger partial charge in [-0.15, -0.1) is 6.58 Å². The minimum atomic E-state index is 0.670. The molecule has 16 heavy (non-hydrogen) atoms. The second kappa shape index (κ2) is 6.61. The number of guanidine groups is 1. The van der Waals surface area contributed by atoms with Gasteiger partial charge in [0.15, 0.2) is 5.96 Å². The Balaban J connectivity index is 2.50. The highest BCUT2D eigenvalue weighted by Crippen LogP contribution is 2.01. The molecule has 1 rings (SSSR count). The molecule has 0 spiro atoms. The van der Waals surface area contributed by atoms with E-state index in [9.17, 15) is 0 Å². The number of aryl methyl sites for hydroxylation is 1. The summed E-state index contributed by atoms with van der Waals surface area (Å²) in [6, 6.07) is 3.98. The Bertz CT molecular complexity index is 371. The average molecular weight is 218 g/mol. The molecule has 4 heteroatoms. The molecule has 1 heterocycles. The SMILES string of the molecule is C=CCNC(=NC)NCc1ncccc1C. The first kappa shape index (κ1) is 12.2. The van der Waals surface area contributed by atoms with E-state index in [1.54, 1.807) is 19.3 Å². The van der Waals surface area contributed by atoms with Crippen LogP contribution in [-0.2, 0) is 6.54 Å². The van der Waals surface area contributed by atoms with E-state index < -0.39 is 0 Å². The zero-order chi connectivity index (χ0) is 11.8. The normalized spacial score (nSPS) is 11.0. The number of pyridine rings is 1. The molecule has 0 amide bonds. The third-order valence-corrected chi connectivity index (χ3v) is 2.18. The highest BCUT2D eigenvalue weighted by molar-refractivity contribution is 5.79. The smallest absolute Gasteiger partial charge is 0.191 e. The van der Waals surface area contributed by atoms with E-state index in [1.807, 2.05) is 19.1 Å². The zero-order valence-electron chi connectivity index (χ0n) is 9.83. The number of nitrogens with one attached hydrogen (secondary N) is 2. The third kappa shape index (κ3) is 3.73. The molecule has 0 aromatic carbocycles. The van der Waals surface area contributed by atoms with Crippen molar-refractivity contribution < 1.29 is 0 Å². The van der Waals surface area contributed by atoms with Crippen molar-refractivity contribution in [1.29, 1.82) is 0 Å². The fourth-order valence-electron chi connectivity index (χ4n) is 1.26. The topological polar surface area (TPSA) is 49.3 Å². The number of rotatable bonds is 4. The van der Waals surface area contributed by atoms with E-state index in [2.05, 4.69) is 27.2 Å². The summed E-state index contributed by atoms with van der Waals surface area (Å²) in [7, 11) is 1.74. The predicted octanol–water partition coefficient (Wildman–Crippen LogP) is 1.24. The van der Waals surface area contributed by atoms with Gasteiger partial charge in [0.05, 0.1) is 12.2 Å². The molecule has 0 aliphatic rings. The molecule has 0 saturated carbocycles. The van der Waals surface area contributed by atoms with Crippen LogP contribution in [0.5, 0.6) is 0 Å². The van der Waals surface area contributed by atoms with Crippen molar-refractivity contribution >= 4 is 5.96 Å². The van der Waals surface area contributed by atoms with Gasteiger partial charge in [-0.25, -0.2) is 0 Å². The molecule has 1 aromatic rings. The van der Waals surface area contributed by atoms with Gasteiger partial charge in [0, 0.05) is 19.8 Å². The van der Waals surface area contributed by atoms with Gasteiger partial charge in [-0.2, -0.15) is 0 Å². The highest BCUT2D eigenvalue weighted by Gasteiger charge is 2.00. The van der Waals surface area contributed by atoms with Crippen molar-refractivity contribution in [2.45, 2.75) is 13.5 Å². The van der Waals surface area contributed by atoms with Crippen LogP contribution < -0.4 is 10.6 Å². The lowest BCUT2D eigenvalue weighted by Crippen LogP contribution is -2.37. The van der Waals surface area contributed by atoms with Crippen molar-refractivity contribution in [2.24, 2.45) is 4.99 Å². The molecule has 0 saturated heterocycles. The van der Waals surface area contributed by atoms with E-state index in [-0.39, 0.29) is 0 Å². The van der Waals surface area contributed by atoms with Crippen molar-refractivity contribution in [3.05, 3.63) is 42.2 Å². The number of aliphatic imine (C=N–C) groups is 1. The summed E-state index contributed by atoms with van der Waals surface area (Å²) in [4.78, 5) is 8.39. The maximum atomic E-state index is 4.30. The Labute approximate surface area is 96.5 Å². The average Bonchev–Trinajstić information content (AvgIpc) is 2.31. The lowest BCUT2D eigenvalue weighted by Gasteiger charge is -2.10. The largest absolute Gasteiger partial charge is 0.353 e. The quantitative estimate of drug-likeness (QED) is 0.454. The second-order valence-electron chi connectivity index (χ2n) is 3.36. The number of aromatic nitrogens is 1. The summed E-state index contributed by atoms with van der Waals surface area (Å²) >= 11 is 0. The van der Waals surface area contributed by atoms with Crippen LogP contribution in [0.3, 0.4) is 0 Å². The summed E-state index contributed by atoms with van der Waals surface area (Å²) in [6.07, 6.45) is 3.59. The monoisotopic (exact) mass is 218 g/mol. The Morgan fingerprint density at radius 2 is 2.38 bits per heavy atom. The van der Waals surface area contributed by atoms with Crippen molar-refractivity contribution in [3.8, 4) is 0 Å². The lowest BCUT2D eigenvalue weighted by molar-refractivity contribution is 0.816. The molecule has 2 N–H and O–H groups in total. The zero-order valence-corrected chi connectivity index (χ0v) is 9.83. The summed E-state index contributed by atoms with van der Waals surface area (Å²) in [5.74, 6) is 0.755.